The standard InChI is InChI=1S/C22H19NO6/c1-3-29-19(26)21(12-13-8-4-5-9-14(13)17(21)24)22(20(27)28-2)18(25)15-10-6-7-11-16(15)23-22/h4-11,23H,3,12H2,1-2H3/t21-,22+/m1/s1. The lowest BCUT2D eigenvalue weighted by molar-refractivity contribution is -0.162. The van der Waals surface area contributed by atoms with Crippen LogP contribution in [0.15, 0.2) is 48.5 Å². The number of ether oxygens (including phenoxy) is 2. The van der Waals surface area contributed by atoms with E-state index in [1.165, 1.54) is 0 Å². The summed E-state index contributed by atoms with van der Waals surface area (Å²) in [5.41, 5.74) is -2.95. The van der Waals surface area contributed by atoms with Crippen molar-refractivity contribution < 1.29 is 28.7 Å². The van der Waals surface area contributed by atoms with Gasteiger partial charge in [-0.05, 0) is 24.6 Å². The molecule has 2 aromatic rings. The molecule has 0 unspecified atom stereocenters. The first kappa shape index (κ1) is 18.9. The van der Waals surface area contributed by atoms with Gasteiger partial charge in [0, 0.05) is 23.2 Å². The molecule has 0 radical (unpaired) electrons. The molecule has 2 aliphatic rings. The summed E-state index contributed by atoms with van der Waals surface area (Å²) in [6.45, 7) is 1.59. The second-order valence-corrected chi connectivity index (χ2v) is 7.03. The van der Waals surface area contributed by atoms with Crippen molar-refractivity contribution in [2.75, 3.05) is 19.0 Å². The molecule has 1 aliphatic heterocycles. The predicted octanol–water partition coefficient (Wildman–Crippen LogP) is 2.20. The lowest BCUT2D eigenvalue weighted by Gasteiger charge is -2.39. The summed E-state index contributed by atoms with van der Waals surface area (Å²) in [5, 5.41) is 2.89. The second kappa shape index (κ2) is 6.55. The van der Waals surface area contributed by atoms with E-state index in [9.17, 15) is 19.2 Å². The van der Waals surface area contributed by atoms with Crippen LogP contribution in [0.4, 0.5) is 5.69 Å². The van der Waals surface area contributed by atoms with Gasteiger partial charge in [-0.3, -0.25) is 14.4 Å². The van der Waals surface area contributed by atoms with E-state index in [1.807, 2.05) is 0 Å². The zero-order valence-corrected chi connectivity index (χ0v) is 16.0. The Kier molecular flexibility index (Phi) is 4.26. The Balaban J connectivity index is 2.01. The summed E-state index contributed by atoms with van der Waals surface area (Å²) >= 11 is 0. The van der Waals surface area contributed by atoms with Crippen molar-refractivity contribution in [1.29, 1.82) is 0 Å². The fourth-order valence-corrected chi connectivity index (χ4v) is 4.39. The smallest absolute Gasteiger partial charge is 0.341 e. The molecule has 0 bridgehead atoms. The Morgan fingerprint density at radius 1 is 0.966 bits per heavy atom. The first-order chi connectivity index (χ1) is 13.9. The molecule has 29 heavy (non-hydrogen) atoms. The molecule has 2 atom stereocenters. The normalized spacial score (nSPS) is 24.5. The van der Waals surface area contributed by atoms with Crippen LogP contribution in [0.1, 0.15) is 33.2 Å². The summed E-state index contributed by atoms with van der Waals surface area (Å²) in [6, 6.07) is 13.2. The van der Waals surface area contributed by atoms with Gasteiger partial charge >= 0.3 is 11.9 Å². The highest BCUT2D eigenvalue weighted by Gasteiger charge is 2.75. The number of para-hydroxylation sites is 1. The highest BCUT2D eigenvalue weighted by Crippen LogP contribution is 2.52. The number of Topliss-reactive ketones (excluding diaryl/α,β-unsaturated/α-hetero) is 2. The second-order valence-electron chi connectivity index (χ2n) is 7.03. The molecule has 148 valence electrons. The van der Waals surface area contributed by atoms with Gasteiger partial charge in [0.15, 0.2) is 11.2 Å². The van der Waals surface area contributed by atoms with E-state index in [1.54, 1.807) is 55.5 Å². The molecule has 1 aliphatic carbocycles. The zero-order valence-electron chi connectivity index (χ0n) is 16.0. The summed E-state index contributed by atoms with van der Waals surface area (Å²) < 4.78 is 10.2. The lowest BCUT2D eigenvalue weighted by Crippen LogP contribution is -2.68. The number of hydrogen-bond acceptors (Lipinski definition) is 7. The van der Waals surface area contributed by atoms with Crippen LogP contribution in [0, 0.1) is 5.41 Å². The van der Waals surface area contributed by atoms with E-state index in [0.29, 0.717) is 11.3 Å². The monoisotopic (exact) mass is 393 g/mol. The predicted molar refractivity (Wildman–Crippen MR) is 103 cm³/mol. The molecule has 2 aromatic carbocycles. The number of fused-ring (bicyclic) bond motifs is 2. The minimum atomic E-state index is -2.26. The van der Waals surface area contributed by atoms with Crippen molar-refractivity contribution in [1.82, 2.24) is 0 Å². The van der Waals surface area contributed by atoms with Gasteiger partial charge < -0.3 is 14.8 Å². The average Bonchev–Trinajstić information content (AvgIpc) is 3.21. The Hall–Kier alpha value is -3.48. The van der Waals surface area contributed by atoms with Gasteiger partial charge in [-0.25, -0.2) is 4.79 Å². The Labute approximate surface area is 167 Å². The third kappa shape index (κ3) is 2.24. The van der Waals surface area contributed by atoms with Crippen molar-refractivity contribution in [3.63, 3.8) is 0 Å². The molecule has 0 aromatic heterocycles. The summed E-state index contributed by atoms with van der Waals surface area (Å²) in [6.07, 6.45) is -0.150. The molecule has 1 heterocycles. The van der Waals surface area contributed by atoms with Gasteiger partial charge in [0.05, 0.1) is 13.7 Å². The topological polar surface area (TPSA) is 98.8 Å². The number of ketones is 2. The highest BCUT2D eigenvalue weighted by molar-refractivity contribution is 6.33. The average molecular weight is 393 g/mol. The number of anilines is 1. The molecule has 0 spiro atoms. The maximum absolute atomic E-state index is 13.6. The zero-order chi connectivity index (χ0) is 20.8. The van der Waals surface area contributed by atoms with Gasteiger partial charge in [0.1, 0.15) is 0 Å². The van der Waals surface area contributed by atoms with E-state index in [-0.39, 0.29) is 24.2 Å². The van der Waals surface area contributed by atoms with Crippen LogP contribution in [0.25, 0.3) is 0 Å². The SMILES string of the molecule is CCOC(=O)[C@@]1([C@]2(C(=O)OC)Nc3ccccc3C2=O)Cc2ccccc2C1=O. The number of methoxy groups -OCH3 is 1. The minimum absolute atomic E-state index is 0.0113. The third-order valence-electron chi connectivity index (χ3n) is 5.70. The van der Waals surface area contributed by atoms with E-state index in [4.69, 9.17) is 9.47 Å². The number of carbonyl (C=O) groups excluding carboxylic acids is 4. The molecule has 7 nitrogen and oxygen atoms in total. The van der Waals surface area contributed by atoms with E-state index in [2.05, 4.69) is 5.32 Å². The molecule has 0 amide bonds. The van der Waals surface area contributed by atoms with Gasteiger partial charge in [-0.1, -0.05) is 36.4 Å². The van der Waals surface area contributed by atoms with Crippen LogP contribution in [0.2, 0.25) is 0 Å². The van der Waals surface area contributed by atoms with Crippen molar-refractivity contribution in [3.8, 4) is 0 Å². The van der Waals surface area contributed by atoms with Gasteiger partial charge in [0.25, 0.3) is 0 Å². The maximum Gasteiger partial charge on any atom is 0.341 e. The van der Waals surface area contributed by atoms with E-state index >= 15 is 0 Å². The molecule has 1 N–H and O–H groups in total. The highest BCUT2D eigenvalue weighted by atomic mass is 16.5. The van der Waals surface area contributed by atoms with Crippen molar-refractivity contribution in [3.05, 3.63) is 65.2 Å². The number of rotatable bonds is 4. The number of benzene rings is 2. The molecule has 4 rings (SSSR count). The van der Waals surface area contributed by atoms with Crippen molar-refractivity contribution >= 4 is 29.2 Å². The van der Waals surface area contributed by atoms with Crippen LogP contribution in [-0.4, -0.2) is 42.8 Å². The Bertz CT molecular complexity index is 1060. The van der Waals surface area contributed by atoms with Crippen molar-refractivity contribution in [2.45, 2.75) is 18.9 Å². The van der Waals surface area contributed by atoms with Crippen LogP contribution in [0.3, 0.4) is 0 Å². The van der Waals surface area contributed by atoms with Crippen molar-refractivity contribution in [2.24, 2.45) is 5.41 Å². The molecular formula is C22H19NO6. The summed E-state index contributed by atoms with van der Waals surface area (Å²) in [7, 11) is 1.12. The quantitative estimate of drug-likeness (QED) is 0.628. The summed E-state index contributed by atoms with van der Waals surface area (Å²) in [5.74, 6) is -3.26. The molecule has 0 fully saturated rings. The van der Waals surface area contributed by atoms with Crippen LogP contribution in [0.5, 0.6) is 0 Å². The van der Waals surface area contributed by atoms with Crippen LogP contribution >= 0.6 is 0 Å². The largest absolute Gasteiger partial charge is 0.467 e. The molecule has 0 saturated carbocycles. The number of nitrogens with one attached hydrogen (secondary N) is 1. The van der Waals surface area contributed by atoms with E-state index < -0.39 is 34.5 Å². The van der Waals surface area contributed by atoms with Crippen LogP contribution < -0.4 is 5.32 Å². The van der Waals surface area contributed by atoms with Crippen LogP contribution in [-0.2, 0) is 25.5 Å². The molecule has 0 saturated heterocycles. The maximum atomic E-state index is 13.6. The number of esters is 2. The number of hydrogen-bond donors (Lipinski definition) is 1. The third-order valence-corrected chi connectivity index (χ3v) is 5.70. The molecule has 7 heteroatoms. The lowest BCUT2D eigenvalue weighted by atomic mass is 9.64. The Morgan fingerprint density at radius 2 is 1.62 bits per heavy atom. The van der Waals surface area contributed by atoms with Gasteiger partial charge in [-0.15, -0.1) is 0 Å². The first-order valence-corrected chi connectivity index (χ1v) is 9.24. The fourth-order valence-electron chi connectivity index (χ4n) is 4.39. The summed E-state index contributed by atoms with van der Waals surface area (Å²) in [4.78, 5) is 53.7. The van der Waals surface area contributed by atoms with Gasteiger partial charge in [-0.2, -0.15) is 0 Å². The molecular weight excluding hydrogens is 374 g/mol. The first-order valence-electron chi connectivity index (χ1n) is 9.24. The number of carbonyl (C=O) groups is 4. The van der Waals surface area contributed by atoms with Gasteiger partial charge in [0.2, 0.25) is 11.3 Å². The Morgan fingerprint density at radius 3 is 2.24 bits per heavy atom. The fraction of sp³-hybridized carbons (Fsp3) is 0.273. The van der Waals surface area contributed by atoms with E-state index in [0.717, 1.165) is 7.11 Å². The minimum Gasteiger partial charge on any atom is -0.467 e.